The standard InChI is InChI=1S/C17H18ClFN6/c1-17(20)4-6-25(7-5-17)13-9-21-15-14(23-24-16(15)22-13)11-3-2-10(18)8-12(11)19/h2-3,8-9H,4-7,20H2,1H3,(H,22,23,24). The van der Waals surface area contributed by atoms with Crippen LogP contribution in [0.4, 0.5) is 10.2 Å². The molecule has 3 aromatic rings. The Hall–Kier alpha value is -2.25. The minimum atomic E-state index is -0.429. The number of nitrogens with two attached hydrogens (primary N) is 1. The van der Waals surface area contributed by atoms with Gasteiger partial charge in [-0.3, -0.25) is 5.10 Å². The summed E-state index contributed by atoms with van der Waals surface area (Å²) < 4.78 is 14.2. The van der Waals surface area contributed by atoms with Gasteiger partial charge in [-0.05, 0) is 38.0 Å². The molecule has 0 unspecified atom stereocenters. The van der Waals surface area contributed by atoms with Crippen LogP contribution in [0.1, 0.15) is 19.8 Å². The molecular weight excluding hydrogens is 343 g/mol. The molecule has 1 fully saturated rings. The number of rotatable bonds is 2. The van der Waals surface area contributed by atoms with Crippen LogP contribution in [-0.2, 0) is 0 Å². The molecule has 1 saturated heterocycles. The first-order valence-corrected chi connectivity index (χ1v) is 8.51. The van der Waals surface area contributed by atoms with Gasteiger partial charge in [-0.25, -0.2) is 14.4 Å². The second kappa shape index (κ2) is 5.93. The zero-order valence-electron chi connectivity index (χ0n) is 13.8. The van der Waals surface area contributed by atoms with E-state index in [1.807, 2.05) is 0 Å². The first-order chi connectivity index (χ1) is 11.9. The summed E-state index contributed by atoms with van der Waals surface area (Å²) in [6, 6.07) is 4.50. The number of piperidine rings is 1. The molecule has 0 saturated carbocycles. The Kier molecular flexibility index (Phi) is 3.85. The number of anilines is 1. The van der Waals surface area contributed by atoms with Gasteiger partial charge in [-0.2, -0.15) is 5.10 Å². The van der Waals surface area contributed by atoms with E-state index in [4.69, 9.17) is 17.3 Å². The van der Waals surface area contributed by atoms with Crippen molar-refractivity contribution in [3.8, 4) is 11.3 Å². The van der Waals surface area contributed by atoms with Gasteiger partial charge in [0, 0.05) is 29.2 Å². The van der Waals surface area contributed by atoms with Crippen molar-refractivity contribution < 1.29 is 4.39 Å². The Morgan fingerprint density at radius 3 is 2.80 bits per heavy atom. The monoisotopic (exact) mass is 360 g/mol. The summed E-state index contributed by atoms with van der Waals surface area (Å²) in [6.45, 7) is 3.73. The van der Waals surface area contributed by atoms with Gasteiger partial charge in [0.25, 0.3) is 0 Å². The fraction of sp³-hybridized carbons (Fsp3) is 0.353. The van der Waals surface area contributed by atoms with Crippen molar-refractivity contribution in [3.05, 3.63) is 35.2 Å². The van der Waals surface area contributed by atoms with E-state index in [0.29, 0.717) is 27.4 Å². The molecule has 4 rings (SSSR count). The molecule has 3 N–H and O–H groups in total. The Morgan fingerprint density at radius 1 is 1.32 bits per heavy atom. The average Bonchev–Trinajstić information content (AvgIpc) is 2.98. The van der Waals surface area contributed by atoms with E-state index < -0.39 is 5.82 Å². The molecule has 1 aliphatic heterocycles. The van der Waals surface area contributed by atoms with Gasteiger partial charge in [0.1, 0.15) is 17.2 Å². The maximum absolute atomic E-state index is 14.2. The van der Waals surface area contributed by atoms with Crippen molar-refractivity contribution in [2.45, 2.75) is 25.3 Å². The second-order valence-electron chi connectivity index (χ2n) is 6.76. The van der Waals surface area contributed by atoms with E-state index in [9.17, 15) is 4.39 Å². The normalized spacial score (nSPS) is 17.2. The molecule has 8 heteroatoms. The minimum Gasteiger partial charge on any atom is -0.355 e. The molecule has 3 heterocycles. The van der Waals surface area contributed by atoms with E-state index in [2.05, 4.69) is 32.0 Å². The van der Waals surface area contributed by atoms with E-state index >= 15 is 0 Å². The number of benzene rings is 1. The first-order valence-electron chi connectivity index (χ1n) is 8.13. The van der Waals surface area contributed by atoms with Crippen LogP contribution in [0.25, 0.3) is 22.4 Å². The third-order valence-corrected chi connectivity index (χ3v) is 4.92. The number of nitrogens with zero attached hydrogens (tertiary/aromatic N) is 4. The maximum atomic E-state index is 14.2. The summed E-state index contributed by atoms with van der Waals surface area (Å²) in [5.74, 6) is 0.333. The predicted molar refractivity (Wildman–Crippen MR) is 96.1 cm³/mol. The Labute approximate surface area is 149 Å². The Balaban J connectivity index is 1.68. The molecule has 0 aliphatic carbocycles. The van der Waals surface area contributed by atoms with Gasteiger partial charge in [-0.15, -0.1) is 0 Å². The van der Waals surface area contributed by atoms with Crippen LogP contribution in [0, 0.1) is 5.82 Å². The molecule has 6 nitrogen and oxygen atoms in total. The average molecular weight is 361 g/mol. The summed E-state index contributed by atoms with van der Waals surface area (Å²) in [4.78, 5) is 11.2. The molecule has 2 aromatic heterocycles. The molecule has 0 atom stereocenters. The highest BCUT2D eigenvalue weighted by molar-refractivity contribution is 6.30. The minimum absolute atomic E-state index is 0.125. The highest BCUT2D eigenvalue weighted by Gasteiger charge is 2.27. The third-order valence-electron chi connectivity index (χ3n) is 4.68. The molecule has 0 spiro atoms. The van der Waals surface area contributed by atoms with Crippen molar-refractivity contribution in [2.24, 2.45) is 5.73 Å². The summed E-state index contributed by atoms with van der Waals surface area (Å²) >= 11 is 5.82. The fourth-order valence-corrected chi connectivity index (χ4v) is 3.22. The highest BCUT2D eigenvalue weighted by Crippen LogP contribution is 2.29. The van der Waals surface area contributed by atoms with Crippen LogP contribution >= 0.6 is 11.6 Å². The van der Waals surface area contributed by atoms with Crippen LogP contribution in [0.3, 0.4) is 0 Å². The van der Waals surface area contributed by atoms with E-state index in [-0.39, 0.29) is 5.54 Å². The number of nitrogens with one attached hydrogen (secondary N) is 1. The lowest BCUT2D eigenvalue weighted by molar-refractivity contribution is 0.363. The van der Waals surface area contributed by atoms with E-state index in [0.717, 1.165) is 31.7 Å². The van der Waals surface area contributed by atoms with Gasteiger partial charge in [0.15, 0.2) is 0 Å². The van der Waals surface area contributed by atoms with Crippen LogP contribution in [0.5, 0.6) is 0 Å². The van der Waals surface area contributed by atoms with Gasteiger partial charge in [0.2, 0.25) is 5.65 Å². The van der Waals surface area contributed by atoms with Crippen LogP contribution < -0.4 is 10.6 Å². The number of aromatic amines is 1. The molecule has 0 bridgehead atoms. The molecule has 1 aromatic carbocycles. The number of aromatic nitrogens is 4. The van der Waals surface area contributed by atoms with Crippen molar-refractivity contribution in [3.63, 3.8) is 0 Å². The number of hydrogen-bond donors (Lipinski definition) is 2. The maximum Gasteiger partial charge on any atom is 0.202 e. The van der Waals surface area contributed by atoms with Crippen LogP contribution in [0.15, 0.2) is 24.4 Å². The predicted octanol–water partition coefficient (Wildman–Crippen LogP) is 3.13. The molecule has 130 valence electrons. The Bertz CT molecular complexity index is 928. The molecule has 0 amide bonds. The SMILES string of the molecule is CC1(N)CCN(c2cnc3c(-c4ccc(Cl)cc4F)[nH]nc3n2)CC1. The lowest BCUT2D eigenvalue weighted by Crippen LogP contribution is -2.48. The summed E-state index contributed by atoms with van der Waals surface area (Å²) in [6.07, 6.45) is 3.50. The number of H-pyrrole nitrogens is 1. The third kappa shape index (κ3) is 3.05. The van der Waals surface area contributed by atoms with Crippen molar-refractivity contribution in [1.82, 2.24) is 20.2 Å². The molecular formula is C17H18ClFN6. The summed E-state index contributed by atoms with van der Waals surface area (Å²) in [5.41, 5.74) is 7.91. The lowest BCUT2D eigenvalue weighted by atomic mass is 9.91. The Morgan fingerprint density at radius 2 is 2.08 bits per heavy atom. The number of halogens is 2. The van der Waals surface area contributed by atoms with Crippen LogP contribution in [0.2, 0.25) is 5.02 Å². The van der Waals surface area contributed by atoms with Crippen molar-refractivity contribution >= 4 is 28.6 Å². The van der Waals surface area contributed by atoms with Gasteiger partial charge in [0.05, 0.1) is 11.9 Å². The summed E-state index contributed by atoms with van der Waals surface area (Å²) in [5, 5.41) is 7.37. The van der Waals surface area contributed by atoms with Gasteiger partial charge in [-0.1, -0.05) is 11.6 Å². The quantitative estimate of drug-likeness (QED) is 0.733. The number of fused-ring (bicyclic) bond motifs is 1. The first kappa shape index (κ1) is 16.2. The van der Waals surface area contributed by atoms with Crippen molar-refractivity contribution in [2.75, 3.05) is 18.0 Å². The van der Waals surface area contributed by atoms with Crippen LogP contribution in [-0.4, -0.2) is 38.8 Å². The second-order valence-corrected chi connectivity index (χ2v) is 7.20. The zero-order chi connectivity index (χ0) is 17.6. The smallest absolute Gasteiger partial charge is 0.202 e. The molecule has 25 heavy (non-hydrogen) atoms. The highest BCUT2D eigenvalue weighted by atomic mass is 35.5. The molecule has 0 radical (unpaired) electrons. The number of hydrogen-bond acceptors (Lipinski definition) is 5. The van der Waals surface area contributed by atoms with Crippen molar-refractivity contribution in [1.29, 1.82) is 0 Å². The van der Waals surface area contributed by atoms with E-state index in [1.165, 1.54) is 6.07 Å². The fourth-order valence-electron chi connectivity index (χ4n) is 3.07. The topological polar surface area (TPSA) is 83.7 Å². The van der Waals surface area contributed by atoms with Gasteiger partial charge >= 0.3 is 0 Å². The largest absolute Gasteiger partial charge is 0.355 e. The zero-order valence-corrected chi connectivity index (χ0v) is 14.5. The van der Waals surface area contributed by atoms with Gasteiger partial charge < -0.3 is 10.6 Å². The summed E-state index contributed by atoms with van der Waals surface area (Å²) in [7, 11) is 0. The molecule has 1 aliphatic rings. The lowest BCUT2D eigenvalue weighted by Gasteiger charge is -2.37. The van der Waals surface area contributed by atoms with E-state index in [1.54, 1.807) is 18.3 Å².